The van der Waals surface area contributed by atoms with Crippen molar-refractivity contribution in [2.75, 3.05) is 0 Å². The average Bonchev–Trinajstić information content (AvgIpc) is 3.13. The quantitative estimate of drug-likeness (QED) is 0.663. The summed E-state index contributed by atoms with van der Waals surface area (Å²) in [6, 6.07) is 10.2. The highest BCUT2D eigenvalue weighted by atomic mass is 32.1. The van der Waals surface area contributed by atoms with Crippen LogP contribution in [0.25, 0.3) is 15.7 Å². The highest BCUT2D eigenvalue weighted by Gasteiger charge is 2.33. The number of rotatable bonds is 4. The van der Waals surface area contributed by atoms with E-state index in [1.54, 1.807) is 17.4 Å². The lowest BCUT2D eigenvalue weighted by Crippen LogP contribution is -2.05. The molecule has 3 rings (SSSR count). The summed E-state index contributed by atoms with van der Waals surface area (Å²) in [6.45, 7) is 3.81. The van der Waals surface area contributed by atoms with Gasteiger partial charge in [-0.15, -0.1) is 11.3 Å². The molecule has 19 heavy (non-hydrogen) atoms. The number of carbonyl (C=O) groups is 1. The molecule has 1 aromatic heterocycles. The fourth-order valence-corrected chi connectivity index (χ4v) is 3.46. The van der Waals surface area contributed by atoms with Gasteiger partial charge in [-0.05, 0) is 36.3 Å². The molecule has 0 radical (unpaired) electrons. The van der Waals surface area contributed by atoms with E-state index < -0.39 is 5.97 Å². The standard InChI is InChI=1S/C16H14O2S/c1-2-12(15(16(17)18)10-7-8-10)14-9-11-5-3-4-6-13(11)19-14/h2-6,9-10H,1,7-8H2,(H,17,18). The smallest absolute Gasteiger partial charge is 0.332 e. The van der Waals surface area contributed by atoms with Gasteiger partial charge in [-0.25, -0.2) is 4.79 Å². The molecule has 96 valence electrons. The summed E-state index contributed by atoms with van der Waals surface area (Å²) in [4.78, 5) is 12.5. The Morgan fingerprint density at radius 3 is 2.68 bits per heavy atom. The van der Waals surface area contributed by atoms with Gasteiger partial charge in [0, 0.05) is 20.7 Å². The molecule has 0 bridgehead atoms. The van der Waals surface area contributed by atoms with Gasteiger partial charge in [0.25, 0.3) is 0 Å². The molecule has 2 nitrogen and oxygen atoms in total. The highest BCUT2D eigenvalue weighted by molar-refractivity contribution is 7.20. The molecule has 2 aromatic rings. The molecular weight excluding hydrogens is 256 g/mol. The van der Waals surface area contributed by atoms with E-state index in [1.165, 1.54) is 4.70 Å². The number of benzene rings is 1. The summed E-state index contributed by atoms with van der Waals surface area (Å²) in [5.41, 5.74) is 1.32. The number of hydrogen-bond donors (Lipinski definition) is 1. The zero-order valence-corrected chi connectivity index (χ0v) is 11.2. The summed E-state index contributed by atoms with van der Waals surface area (Å²) in [6.07, 6.45) is 3.64. The van der Waals surface area contributed by atoms with Gasteiger partial charge in [0.15, 0.2) is 0 Å². The van der Waals surface area contributed by atoms with Crippen molar-refractivity contribution in [2.24, 2.45) is 5.92 Å². The van der Waals surface area contributed by atoms with Gasteiger partial charge in [-0.1, -0.05) is 30.9 Å². The number of carboxylic acids is 1. The molecule has 3 heteroatoms. The van der Waals surface area contributed by atoms with E-state index in [1.807, 2.05) is 18.2 Å². The molecular formula is C16H14O2S. The molecule has 1 aromatic carbocycles. The van der Waals surface area contributed by atoms with Gasteiger partial charge in [-0.2, -0.15) is 0 Å². The SMILES string of the molecule is C=CC(=C(C(=O)O)C1CC1)c1cc2ccccc2s1. The zero-order valence-electron chi connectivity index (χ0n) is 10.4. The van der Waals surface area contributed by atoms with E-state index in [2.05, 4.69) is 18.7 Å². The van der Waals surface area contributed by atoms with Crippen LogP contribution in [0.1, 0.15) is 17.7 Å². The van der Waals surface area contributed by atoms with Crippen LogP contribution >= 0.6 is 11.3 Å². The first-order chi connectivity index (χ1) is 9.20. The van der Waals surface area contributed by atoms with E-state index >= 15 is 0 Å². The average molecular weight is 270 g/mol. The second-order valence-corrected chi connectivity index (χ2v) is 5.84. The fourth-order valence-electron chi connectivity index (χ4n) is 2.34. The van der Waals surface area contributed by atoms with Crippen LogP contribution in [0.2, 0.25) is 0 Å². The Balaban J connectivity index is 2.18. The monoisotopic (exact) mass is 270 g/mol. The van der Waals surface area contributed by atoms with Gasteiger partial charge in [0.1, 0.15) is 0 Å². The van der Waals surface area contributed by atoms with Crippen molar-refractivity contribution >= 4 is 33.0 Å². The van der Waals surface area contributed by atoms with Crippen LogP contribution in [0.3, 0.4) is 0 Å². The lowest BCUT2D eigenvalue weighted by atomic mass is 10.0. The van der Waals surface area contributed by atoms with Gasteiger partial charge in [0.2, 0.25) is 0 Å². The predicted octanol–water partition coefficient (Wildman–Crippen LogP) is 4.34. The number of carboxylic acid groups (broad SMARTS) is 1. The fraction of sp³-hybridized carbons (Fsp3) is 0.188. The molecule has 0 saturated heterocycles. The van der Waals surface area contributed by atoms with Crippen molar-refractivity contribution in [3.63, 3.8) is 0 Å². The van der Waals surface area contributed by atoms with Crippen molar-refractivity contribution in [1.29, 1.82) is 0 Å². The second kappa shape index (κ2) is 4.67. The maximum Gasteiger partial charge on any atom is 0.332 e. The maximum atomic E-state index is 11.5. The second-order valence-electron chi connectivity index (χ2n) is 4.76. The summed E-state index contributed by atoms with van der Waals surface area (Å²) in [5, 5.41) is 10.6. The van der Waals surface area contributed by atoms with Crippen molar-refractivity contribution < 1.29 is 9.90 Å². The number of thiophene rings is 1. The zero-order chi connectivity index (χ0) is 13.4. The van der Waals surface area contributed by atoms with Crippen LogP contribution in [-0.4, -0.2) is 11.1 Å². The van der Waals surface area contributed by atoms with E-state index in [-0.39, 0.29) is 5.92 Å². The molecule has 0 amide bonds. The third kappa shape index (κ3) is 2.22. The Morgan fingerprint density at radius 2 is 2.11 bits per heavy atom. The maximum absolute atomic E-state index is 11.5. The van der Waals surface area contributed by atoms with E-state index in [0.717, 1.165) is 28.7 Å². The number of aliphatic carboxylic acids is 1. The Labute approximate surface area is 115 Å². The lowest BCUT2D eigenvalue weighted by Gasteiger charge is -2.05. The predicted molar refractivity (Wildman–Crippen MR) is 79.3 cm³/mol. The van der Waals surface area contributed by atoms with Crippen LogP contribution in [0.15, 0.2) is 48.6 Å². The van der Waals surface area contributed by atoms with Crippen LogP contribution in [-0.2, 0) is 4.79 Å². The Bertz CT molecular complexity index is 657. The van der Waals surface area contributed by atoms with Crippen molar-refractivity contribution in [1.82, 2.24) is 0 Å². The molecule has 0 atom stereocenters. The summed E-state index contributed by atoms with van der Waals surface area (Å²) in [7, 11) is 0. The minimum absolute atomic E-state index is 0.204. The van der Waals surface area contributed by atoms with Crippen LogP contribution in [0.4, 0.5) is 0 Å². The van der Waals surface area contributed by atoms with E-state index in [9.17, 15) is 9.90 Å². The summed E-state index contributed by atoms with van der Waals surface area (Å²) in [5.74, 6) is -0.606. The molecule has 1 saturated carbocycles. The third-order valence-electron chi connectivity index (χ3n) is 3.40. The first-order valence-electron chi connectivity index (χ1n) is 6.29. The van der Waals surface area contributed by atoms with Gasteiger partial charge >= 0.3 is 5.97 Å². The first kappa shape index (κ1) is 12.2. The van der Waals surface area contributed by atoms with Crippen LogP contribution in [0.5, 0.6) is 0 Å². The number of hydrogen-bond acceptors (Lipinski definition) is 2. The Hall–Kier alpha value is -1.87. The van der Waals surface area contributed by atoms with Gasteiger partial charge in [-0.3, -0.25) is 0 Å². The van der Waals surface area contributed by atoms with E-state index in [4.69, 9.17) is 0 Å². The molecule has 1 aliphatic rings. The van der Waals surface area contributed by atoms with Crippen LogP contribution in [0, 0.1) is 5.92 Å². The summed E-state index contributed by atoms with van der Waals surface area (Å²) >= 11 is 1.63. The third-order valence-corrected chi connectivity index (χ3v) is 4.55. The normalized spacial score (nSPS) is 16.2. The van der Waals surface area contributed by atoms with E-state index in [0.29, 0.717) is 5.57 Å². The van der Waals surface area contributed by atoms with Crippen molar-refractivity contribution in [3.8, 4) is 0 Å². The molecule has 1 fully saturated rings. The number of allylic oxidation sites excluding steroid dienone is 2. The molecule has 0 spiro atoms. The number of fused-ring (bicyclic) bond motifs is 1. The van der Waals surface area contributed by atoms with Crippen molar-refractivity contribution in [2.45, 2.75) is 12.8 Å². The molecule has 0 aliphatic heterocycles. The van der Waals surface area contributed by atoms with Crippen LogP contribution < -0.4 is 0 Å². The minimum Gasteiger partial charge on any atom is -0.478 e. The first-order valence-corrected chi connectivity index (χ1v) is 7.11. The largest absolute Gasteiger partial charge is 0.478 e. The Morgan fingerprint density at radius 1 is 1.37 bits per heavy atom. The van der Waals surface area contributed by atoms with Gasteiger partial charge in [0.05, 0.1) is 0 Å². The lowest BCUT2D eigenvalue weighted by molar-refractivity contribution is -0.132. The molecule has 0 unspecified atom stereocenters. The minimum atomic E-state index is -0.810. The molecule has 1 heterocycles. The van der Waals surface area contributed by atoms with Gasteiger partial charge < -0.3 is 5.11 Å². The Kier molecular flexibility index (Phi) is 2.99. The summed E-state index contributed by atoms with van der Waals surface area (Å²) < 4.78 is 1.18. The topological polar surface area (TPSA) is 37.3 Å². The molecule has 1 aliphatic carbocycles. The van der Waals surface area contributed by atoms with Crippen molar-refractivity contribution in [3.05, 3.63) is 53.4 Å². The highest BCUT2D eigenvalue weighted by Crippen LogP contribution is 2.42. The molecule has 1 N–H and O–H groups in total.